The molecule has 1 saturated heterocycles. The Bertz CT molecular complexity index is 1210. The lowest BCUT2D eigenvalue weighted by Gasteiger charge is -2.27. The molecule has 0 N–H and O–H groups in total. The van der Waals surface area contributed by atoms with E-state index in [0.29, 0.717) is 31.2 Å². The van der Waals surface area contributed by atoms with Crippen LogP contribution in [0.4, 0.5) is 5.95 Å². The first-order valence-corrected chi connectivity index (χ1v) is 11.7. The van der Waals surface area contributed by atoms with Crippen LogP contribution < -0.4 is 10.5 Å². The van der Waals surface area contributed by atoms with Gasteiger partial charge in [0.05, 0.1) is 11.4 Å². The van der Waals surface area contributed by atoms with E-state index in [4.69, 9.17) is 4.98 Å². The van der Waals surface area contributed by atoms with Gasteiger partial charge in [-0.25, -0.2) is 13.4 Å². The van der Waals surface area contributed by atoms with Gasteiger partial charge in [0.1, 0.15) is 0 Å². The molecule has 0 spiro atoms. The molecule has 0 saturated carbocycles. The zero-order chi connectivity index (χ0) is 22.0. The standard InChI is InChI=1S/C22H25N5O3S/c1-25(22-24-20(14-21(28)26(22)2)18-8-11-23-12-9-18)19-10-13-27(15-19)31(29,30)16-17-6-4-3-5-7-17/h3-9,11-12,14,19H,10,13,15-16H2,1-2H3. The minimum absolute atomic E-state index is 0.0153. The van der Waals surface area contributed by atoms with E-state index in [1.54, 1.807) is 31.6 Å². The molecule has 1 aromatic carbocycles. The topological polar surface area (TPSA) is 88.4 Å². The maximum atomic E-state index is 12.9. The lowest BCUT2D eigenvalue weighted by molar-refractivity contribution is 0.469. The van der Waals surface area contributed by atoms with Gasteiger partial charge < -0.3 is 4.90 Å². The second-order valence-corrected chi connectivity index (χ2v) is 9.70. The second kappa shape index (κ2) is 8.60. The summed E-state index contributed by atoms with van der Waals surface area (Å²) in [7, 11) is 0.114. The van der Waals surface area contributed by atoms with E-state index in [9.17, 15) is 13.2 Å². The monoisotopic (exact) mass is 439 g/mol. The molecule has 1 aliphatic heterocycles. The van der Waals surface area contributed by atoms with Crippen molar-refractivity contribution in [1.82, 2.24) is 18.8 Å². The highest BCUT2D eigenvalue weighted by molar-refractivity contribution is 7.88. The van der Waals surface area contributed by atoms with Crippen LogP contribution in [-0.2, 0) is 22.8 Å². The van der Waals surface area contributed by atoms with Gasteiger partial charge in [-0.05, 0) is 24.1 Å². The first-order chi connectivity index (χ1) is 14.8. The van der Waals surface area contributed by atoms with Crippen LogP contribution in [0.15, 0.2) is 65.7 Å². The predicted molar refractivity (Wildman–Crippen MR) is 120 cm³/mol. The summed E-state index contributed by atoms with van der Waals surface area (Å²) in [5.41, 5.74) is 1.98. The molecule has 0 amide bonds. The van der Waals surface area contributed by atoms with Crippen LogP contribution >= 0.6 is 0 Å². The molecule has 0 aliphatic carbocycles. The third-order valence-electron chi connectivity index (χ3n) is 5.66. The molecule has 0 bridgehead atoms. The lowest BCUT2D eigenvalue weighted by Crippen LogP contribution is -2.40. The summed E-state index contributed by atoms with van der Waals surface area (Å²) in [6, 6.07) is 14.2. The van der Waals surface area contributed by atoms with Crippen molar-refractivity contribution in [1.29, 1.82) is 0 Å². The fourth-order valence-electron chi connectivity index (χ4n) is 3.83. The van der Waals surface area contributed by atoms with E-state index >= 15 is 0 Å². The van der Waals surface area contributed by atoms with Crippen molar-refractivity contribution in [2.75, 3.05) is 25.0 Å². The SMILES string of the molecule is CN(c1nc(-c2ccncc2)cc(=O)n1C)C1CCN(S(=O)(=O)Cc2ccccc2)C1. The third kappa shape index (κ3) is 4.52. The Hall–Kier alpha value is -3.04. The number of benzene rings is 1. The summed E-state index contributed by atoms with van der Waals surface area (Å²) in [5.74, 6) is 0.491. The van der Waals surface area contributed by atoms with Crippen molar-refractivity contribution in [3.8, 4) is 11.3 Å². The van der Waals surface area contributed by atoms with E-state index < -0.39 is 10.0 Å². The molecule has 1 unspecified atom stereocenters. The van der Waals surface area contributed by atoms with Gasteiger partial charge in [-0.2, -0.15) is 4.31 Å². The highest BCUT2D eigenvalue weighted by Crippen LogP contribution is 2.24. The fourth-order valence-corrected chi connectivity index (χ4v) is 5.41. The number of anilines is 1. The summed E-state index contributed by atoms with van der Waals surface area (Å²) in [5, 5.41) is 0. The molecule has 3 heterocycles. The Kier molecular flexibility index (Phi) is 5.88. The first kappa shape index (κ1) is 21.2. The van der Waals surface area contributed by atoms with E-state index in [1.807, 2.05) is 42.3 Å². The number of pyridine rings is 1. The Morgan fingerprint density at radius 3 is 2.55 bits per heavy atom. The van der Waals surface area contributed by atoms with Gasteiger partial charge in [0.15, 0.2) is 0 Å². The molecule has 1 atom stereocenters. The molecule has 1 fully saturated rings. The minimum atomic E-state index is -3.42. The average Bonchev–Trinajstić information content (AvgIpc) is 3.27. The van der Waals surface area contributed by atoms with Gasteiger partial charge >= 0.3 is 0 Å². The molecular weight excluding hydrogens is 414 g/mol. The van der Waals surface area contributed by atoms with Gasteiger partial charge in [-0.3, -0.25) is 14.3 Å². The molecule has 8 nitrogen and oxygen atoms in total. The van der Waals surface area contributed by atoms with Crippen LogP contribution in [0, 0.1) is 0 Å². The Morgan fingerprint density at radius 1 is 1.13 bits per heavy atom. The molecule has 1 aliphatic rings. The summed E-state index contributed by atoms with van der Waals surface area (Å²) < 4.78 is 28.8. The van der Waals surface area contributed by atoms with Crippen molar-refractivity contribution in [3.05, 3.63) is 76.8 Å². The van der Waals surface area contributed by atoms with Crippen LogP contribution in [0.25, 0.3) is 11.3 Å². The number of hydrogen-bond acceptors (Lipinski definition) is 6. The van der Waals surface area contributed by atoms with Crippen molar-refractivity contribution in [3.63, 3.8) is 0 Å². The number of aromatic nitrogens is 3. The number of sulfonamides is 1. The fraction of sp³-hybridized carbons (Fsp3) is 0.318. The lowest BCUT2D eigenvalue weighted by atomic mass is 10.2. The average molecular weight is 440 g/mol. The van der Waals surface area contributed by atoms with Crippen molar-refractivity contribution < 1.29 is 8.42 Å². The van der Waals surface area contributed by atoms with Gasteiger partial charge in [-0.1, -0.05) is 30.3 Å². The Labute approximate surface area is 181 Å². The number of hydrogen-bond donors (Lipinski definition) is 0. The van der Waals surface area contributed by atoms with E-state index in [2.05, 4.69) is 4.98 Å². The van der Waals surface area contributed by atoms with Crippen molar-refractivity contribution in [2.45, 2.75) is 18.2 Å². The molecule has 3 aromatic rings. The first-order valence-electron chi connectivity index (χ1n) is 10.1. The molecule has 0 radical (unpaired) electrons. The normalized spacial score (nSPS) is 17.0. The number of rotatable bonds is 6. The number of likely N-dealkylation sites (N-methyl/N-ethyl adjacent to an activating group) is 1. The quantitative estimate of drug-likeness (QED) is 0.583. The van der Waals surface area contributed by atoms with Gasteiger partial charge in [0.2, 0.25) is 16.0 Å². The minimum Gasteiger partial charge on any atom is -0.341 e. The third-order valence-corrected chi connectivity index (χ3v) is 7.48. The van der Waals surface area contributed by atoms with Crippen LogP contribution in [0.3, 0.4) is 0 Å². The van der Waals surface area contributed by atoms with Crippen LogP contribution in [0.2, 0.25) is 0 Å². The second-order valence-electron chi connectivity index (χ2n) is 7.73. The van der Waals surface area contributed by atoms with Crippen LogP contribution in [0.1, 0.15) is 12.0 Å². The molecule has 9 heteroatoms. The van der Waals surface area contributed by atoms with Gasteiger partial charge in [0.25, 0.3) is 5.56 Å². The molecule has 4 rings (SSSR count). The van der Waals surface area contributed by atoms with Crippen LogP contribution in [0.5, 0.6) is 0 Å². The van der Waals surface area contributed by atoms with Crippen LogP contribution in [-0.4, -0.2) is 53.4 Å². The predicted octanol–water partition coefficient (Wildman–Crippen LogP) is 1.88. The van der Waals surface area contributed by atoms with Crippen molar-refractivity contribution in [2.24, 2.45) is 7.05 Å². The van der Waals surface area contributed by atoms with Crippen molar-refractivity contribution >= 4 is 16.0 Å². The number of nitrogens with zero attached hydrogens (tertiary/aromatic N) is 5. The maximum absolute atomic E-state index is 12.9. The van der Waals surface area contributed by atoms with Gasteiger partial charge in [0, 0.05) is 57.3 Å². The summed E-state index contributed by atoms with van der Waals surface area (Å²) >= 11 is 0. The highest BCUT2D eigenvalue weighted by atomic mass is 32.2. The maximum Gasteiger partial charge on any atom is 0.255 e. The molecule has 162 valence electrons. The highest BCUT2D eigenvalue weighted by Gasteiger charge is 2.34. The molecule has 2 aromatic heterocycles. The largest absolute Gasteiger partial charge is 0.341 e. The summed E-state index contributed by atoms with van der Waals surface area (Å²) in [4.78, 5) is 23.2. The van der Waals surface area contributed by atoms with Gasteiger partial charge in [-0.15, -0.1) is 0 Å². The van der Waals surface area contributed by atoms with E-state index in [0.717, 1.165) is 11.1 Å². The van der Waals surface area contributed by atoms with E-state index in [-0.39, 0.29) is 17.4 Å². The summed E-state index contributed by atoms with van der Waals surface area (Å²) in [6.07, 6.45) is 3.98. The molecular formula is C22H25N5O3S. The van der Waals surface area contributed by atoms with E-state index in [1.165, 1.54) is 14.9 Å². The zero-order valence-electron chi connectivity index (χ0n) is 17.5. The summed E-state index contributed by atoms with van der Waals surface area (Å²) in [6.45, 7) is 0.809. The molecule has 31 heavy (non-hydrogen) atoms. The zero-order valence-corrected chi connectivity index (χ0v) is 18.4. The Balaban J connectivity index is 1.55. The Morgan fingerprint density at radius 2 is 1.84 bits per heavy atom. The smallest absolute Gasteiger partial charge is 0.255 e.